The van der Waals surface area contributed by atoms with Crippen molar-refractivity contribution in [3.63, 3.8) is 0 Å². The molecular weight excluding hydrogens is 378 g/mol. The largest absolute Gasteiger partial charge is 0.370 e. The zero-order chi connectivity index (χ0) is 21.3. The summed E-state index contributed by atoms with van der Waals surface area (Å²) in [6.07, 6.45) is 2.26. The number of hydrogen-bond donors (Lipinski definition) is 2. The van der Waals surface area contributed by atoms with Crippen molar-refractivity contribution in [3.8, 4) is 0 Å². The number of amides is 2. The first-order chi connectivity index (χ1) is 14.5. The molecule has 7 heteroatoms. The highest BCUT2D eigenvalue weighted by molar-refractivity contribution is 6.04. The summed E-state index contributed by atoms with van der Waals surface area (Å²) in [5, 5.41) is 5.98. The third-order valence-electron chi connectivity index (χ3n) is 5.86. The lowest BCUT2D eigenvalue weighted by atomic mass is 10.2. The minimum atomic E-state index is -0.288. The van der Waals surface area contributed by atoms with Crippen LogP contribution in [0.3, 0.4) is 0 Å². The topological polar surface area (TPSA) is 71.3 Å². The van der Waals surface area contributed by atoms with E-state index in [0.717, 1.165) is 59.6 Å². The molecule has 1 aliphatic rings. The highest BCUT2D eigenvalue weighted by Gasteiger charge is 2.21. The molecule has 3 aromatic rings. The Bertz CT molecular complexity index is 1140. The standard InChI is InChI=1S/C23H29N5O2/c1-4-27-20-14-18(25-22(29)24-17-11-7-6-10-16(17)3)19(26-12-8-9-13-26)15-21(20)28(5-2)23(27)30/h6-7,10-11,14-15H,4-5,8-9,12-13H2,1-3H3,(H2,24,25,29). The van der Waals surface area contributed by atoms with Crippen LogP contribution in [0.5, 0.6) is 0 Å². The van der Waals surface area contributed by atoms with E-state index in [1.165, 1.54) is 0 Å². The van der Waals surface area contributed by atoms with Gasteiger partial charge in [0.1, 0.15) is 0 Å². The molecule has 0 atom stereocenters. The van der Waals surface area contributed by atoms with Crippen LogP contribution in [0.15, 0.2) is 41.2 Å². The predicted octanol–water partition coefficient (Wildman–Crippen LogP) is 4.40. The number of aryl methyl sites for hydroxylation is 3. The van der Waals surface area contributed by atoms with Gasteiger partial charge in [-0.2, -0.15) is 0 Å². The molecule has 2 amide bonds. The molecule has 158 valence electrons. The summed E-state index contributed by atoms with van der Waals surface area (Å²) in [6, 6.07) is 11.4. The van der Waals surface area contributed by atoms with Crippen LogP contribution in [0.1, 0.15) is 32.3 Å². The van der Waals surface area contributed by atoms with Crippen molar-refractivity contribution in [3.05, 3.63) is 52.4 Å². The van der Waals surface area contributed by atoms with Gasteiger partial charge >= 0.3 is 11.7 Å². The van der Waals surface area contributed by atoms with E-state index in [1.54, 1.807) is 9.13 Å². The van der Waals surface area contributed by atoms with E-state index in [1.807, 2.05) is 51.1 Å². The fraction of sp³-hybridized carbons (Fsp3) is 0.391. The molecule has 1 saturated heterocycles. The second-order valence-electron chi connectivity index (χ2n) is 7.72. The minimum absolute atomic E-state index is 0.0103. The number of carbonyl (C=O) groups is 1. The summed E-state index contributed by atoms with van der Waals surface area (Å²) < 4.78 is 3.56. The van der Waals surface area contributed by atoms with Crippen LogP contribution in [0.4, 0.5) is 21.9 Å². The second kappa shape index (κ2) is 8.26. The second-order valence-corrected chi connectivity index (χ2v) is 7.72. The van der Waals surface area contributed by atoms with E-state index in [0.29, 0.717) is 13.1 Å². The summed E-state index contributed by atoms with van der Waals surface area (Å²) in [4.78, 5) is 27.9. The fourth-order valence-electron chi connectivity index (χ4n) is 4.27. The first-order valence-corrected chi connectivity index (χ1v) is 10.7. The number of para-hydroxylation sites is 1. The fourth-order valence-corrected chi connectivity index (χ4v) is 4.27. The third-order valence-corrected chi connectivity index (χ3v) is 5.86. The van der Waals surface area contributed by atoms with Crippen molar-refractivity contribution in [1.82, 2.24) is 9.13 Å². The highest BCUT2D eigenvalue weighted by atomic mass is 16.2. The van der Waals surface area contributed by atoms with E-state index in [-0.39, 0.29) is 11.7 Å². The average Bonchev–Trinajstić information content (AvgIpc) is 3.34. The number of nitrogens with one attached hydrogen (secondary N) is 2. The third kappa shape index (κ3) is 3.56. The number of imidazole rings is 1. The summed E-state index contributed by atoms with van der Waals surface area (Å²) in [6.45, 7) is 9.01. The number of hydrogen-bond acceptors (Lipinski definition) is 3. The molecule has 1 fully saturated rings. The van der Waals surface area contributed by atoms with E-state index >= 15 is 0 Å². The van der Waals surface area contributed by atoms with Gasteiger partial charge in [-0.3, -0.25) is 9.13 Å². The summed E-state index contributed by atoms with van der Waals surface area (Å²) in [7, 11) is 0. The predicted molar refractivity (Wildman–Crippen MR) is 123 cm³/mol. The normalized spacial score (nSPS) is 13.8. The number of aromatic nitrogens is 2. The molecule has 2 heterocycles. The maximum absolute atomic E-state index is 12.8. The number of nitrogens with zero attached hydrogens (tertiary/aromatic N) is 3. The van der Waals surface area contributed by atoms with Gasteiger partial charge in [0.05, 0.1) is 22.4 Å². The van der Waals surface area contributed by atoms with Crippen LogP contribution >= 0.6 is 0 Å². The minimum Gasteiger partial charge on any atom is -0.370 e. The summed E-state index contributed by atoms with van der Waals surface area (Å²) in [5.41, 5.74) is 5.23. The Labute approximate surface area is 176 Å². The van der Waals surface area contributed by atoms with Crippen molar-refractivity contribution < 1.29 is 4.79 Å². The molecule has 0 unspecified atom stereocenters. The first-order valence-electron chi connectivity index (χ1n) is 10.7. The molecule has 4 rings (SSSR count). The van der Waals surface area contributed by atoms with Crippen LogP contribution in [0.25, 0.3) is 11.0 Å². The zero-order valence-electron chi connectivity index (χ0n) is 17.9. The maximum Gasteiger partial charge on any atom is 0.329 e. The van der Waals surface area contributed by atoms with E-state index in [4.69, 9.17) is 0 Å². The van der Waals surface area contributed by atoms with E-state index < -0.39 is 0 Å². The van der Waals surface area contributed by atoms with Gasteiger partial charge in [0.25, 0.3) is 0 Å². The first kappa shape index (κ1) is 20.1. The number of anilines is 3. The quantitative estimate of drug-likeness (QED) is 0.659. The number of benzene rings is 2. The van der Waals surface area contributed by atoms with Gasteiger partial charge in [-0.05, 0) is 57.4 Å². The van der Waals surface area contributed by atoms with Crippen LogP contribution in [0.2, 0.25) is 0 Å². The van der Waals surface area contributed by atoms with Gasteiger partial charge in [-0.1, -0.05) is 18.2 Å². The Morgan fingerprint density at radius 1 is 0.933 bits per heavy atom. The lowest BCUT2D eigenvalue weighted by molar-refractivity contribution is 0.262. The van der Waals surface area contributed by atoms with Gasteiger partial charge in [-0.15, -0.1) is 0 Å². The number of rotatable bonds is 5. The SMILES string of the molecule is CCn1c(=O)n(CC)c2cc(N3CCCC3)c(NC(=O)Nc3ccccc3C)cc21. The monoisotopic (exact) mass is 407 g/mol. The zero-order valence-corrected chi connectivity index (χ0v) is 17.9. The maximum atomic E-state index is 12.8. The van der Waals surface area contributed by atoms with Gasteiger partial charge in [0.2, 0.25) is 0 Å². The Hall–Kier alpha value is -3.22. The Kier molecular flexibility index (Phi) is 5.53. The van der Waals surface area contributed by atoms with Crippen molar-refractivity contribution >= 4 is 34.1 Å². The molecule has 30 heavy (non-hydrogen) atoms. The molecule has 1 aromatic heterocycles. The molecular formula is C23H29N5O2. The summed E-state index contributed by atoms with van der Waals surface area (Å²) in [5.74, 6) is 0. The number of carbonyl (C=O) groups excluding carboxylic acids is 1. The highest BCUT2D eigenvalue weighted by Crippen LogP contribution is 2.33. The van der Waals surface area contributed by atoms with Gasteiger partial charge in [0.15, 0.2) is 0 Å². The van der Waals surface area contributed by atoms with Crippen LogP contribution in [-0.4, -0.2) is 28.3 Å². The molecule has 0 aliphatic carbocycles. The summed E-state index contributed by atoms with van der Waals surface area (Å²) >= 11 is 0. The van der Waals surface area contributed by atoms with Crippen LogP contribution in [0, 0.1) is 6.92 Å². The van der Waals surface area contributed by atoms with Gasteiger partial charge < -0.3 is 15.5 Å². The van der Waals surface area contributed by atoms with Gasteiger partial charge in [0, 0.05) is 31.9 Å². The molecule has 0 spiro atoms. The molecule has 0 bridgehead atoms. The Morgan fingerprint density at radius 2 is 1.53 bits per heavy atom. The number of urea groups is 1. The molecule has 0 radical (unpaired) electrons. The molecule has 7 nitrogen and oxygen atoms in total. The van der Waals surface area contributed by atoms with E-state index in [2.05, 4.69) is 21.6 Å². The molecule has 2 N–H and O–H groups in total. The molecule has 0 saturated carbocycles. The number of fused-ring (bicyclic) bond motifs is 1. The van der Waals surface area contributed by atoms with Crippen molar-refractivity contribution in [2.75, 3.05) is 28.6 Å². The van der Waals surface area contributed by atoms with Crippen LogP contribution < -0.4 is 21.2 Å². The van der Waals surface area contributed by atoms with Crippen LogP contribution in [-0.2, 0) is 13.1 Å². The van der Waals surface area contributed by atoms with E-state index in [9.17, 15) is 9.59 Å². The van der Waals surface area contributed by atoms with Crippen molar-refractivity contribution in [2.24, 2.45) is 0 Å². The lowest BCUT2D eigenvalue weighted by Gasteiger charge is -2.22. The lowest BCUT2D eigenvalue weighted by Crippen LogP contribution is -2.24. The molecule has 2 aromatic carbocycles. The van der Waals surface area contributed by atoms with Gasteiger partial charge in [-0.25, -0.2) is 9.59 Å². The average molecular weight is 408 g/mol. The Morgan fingerprint density at radius 3 is 2.17 bits per heavy atom. The van der Waals surface area contributed by atoms with Crippen molar-refractivity contribution in [2.45, 2.75) is 46.7 Å². The molecule has 1 aliphatic heterocycles. The Balaban J connectivity index is 1.76. The smallest absolute Gasteiger partial charge is 0.329 e. The van der Waals surface area contributed by atoms with Crippen molar-refractivity contribution in [1.29, 1.82) is 0 Å².